The normalized spacial score (nSPS) is 14.3. The molecule has 0 aromatic carbocycles. The third-order valence-corrected chi connectivity index (χ3v) is 3.19. The summed E-state index contributed by atoms with van der Waals surface area (Å²) in [5.74, 6) is -24.0. The number of aliphatic hydroxyl groups is 1. The summed E-state index contributed by atoms with van der Waals surface area (Å²) < 4.78 is 108. The van der Waals surface area contributed by atoms with Gasteiger partial charge in [0.1, 0.15) is 13.2 Å². The van der Waals surface area contributed by atoms with Crippen LogP contribution in [0.25, 0.3) is 0 Å². The van der Waals surface area contributed by atoms with E-state index in [9.17, 15) is 35.1 Å². The van der Waals surface area contributed by atoms with Gasteiger partial charge in [0, 0.05) is 6.61 Å². The molecule has 0 saturated heterocycles. The minimum Gasteiger partial charge on any atom is -0.390 e. The zero-order chi connectivity index (χ0) is 18.4. The van der Waals surface area contributed by atoms with Crippen molar-refractivity contribution in [1.82, 2.24) is 0 Å². The molecule has 0 unspecified atom stereocenters. The third-order valence-electron chi connectivity index (χ3n) is 3.19. The number of hydrogen-bond donors (Lipinski definition) is 1. The van der Waals surface area contributed by atoms with E-state index in [0.717, 1.165) is 19.3 Å². The van der Waals surface area contributed by atoms with Crippen molar-refractivity contribution in [2.75, 3.05) is 19.8 Å². The molecule has 0 saturated carbocycles. The van der Waals surface area contributed by atoms with E-state index in [-0.39, 0.29) is 13.0 Å². The van der Waals surface area contributed by atoms with Crippen molar-refractivity contribution in [2.24, 2.45) is 0 Å². The molecule has 10 heteroatoms. The zero-order valence-corrected chi connectivity index (χ0v) is 12.5. The summed E-state index contributed by atoms with van der Waals surface area (Å²) in [6.07, 6.45) is 3.41. The first kappa shape index (κ1) is 22.4. The Morgan fingerprint density at radius 1 is 0.739 bits per heavy atom. The lowest BCUT2D eigenvalue weighted by atomic mass is 9.99. The first-order valence-electron chi connectivity index (χ1n) is 7.07. The minimum atomic E-state index is -6.43. The summed E-state index contributed by atoms with van der Waals surface area (Å²) in [6.45, 7) is -3.26. The fourth-order valence-electron chi connectivity index (χ4n) is 1.66. The molecule has 2 nitrogen and oxygen atoms in total. The highest BCUT2D eigenvalue weighted by atomic mass is 19.4. The van der Waals surface area contributed by atoms with E-state index in [1.807, 2.05) is 6.92 Å². The Morgan fingerprint density at radius 2 is 1.22 bits per heavy atom. The number of rotatable bonds is 12. The van der Waals surface area contributed by atoms with Crippen molar-refractivity contribution < 1.29 is 45.0 Å². The first-order valence-corrected chi connectivity index (χ1v) is 7.07. The van der Waals surface area contributed by atoms with Crippen LogP contribution in [-0.2, 0) is 4.74 Å². The molecule has 0 atom stereocenters. The summed E-state index contributed by atoms with van der Waals surface area (Å²) in [5.41, 5.74) is 0. The van der Waals surface area contributed by atoms with Crippen LogP contribution in [0.4, 0.5) is 35.1 Å². The second-order valence-corrected chi connectivity index (χ2v) is 5.18. The lowest BCUT2D eigenvalue weighted by Gasteiger charge is -2.35. The lowest BCUT2D eigenvalue weighted by molar-refractivity contribution is -0.375. The number of aliphatic hydroxyl groups excluding tert-OH is 1. The minimum absolute atomic E-state index is 0.255. The van der Waals surface area contributed by atoms with Gasteiger partial charge >= 0.3 is 23.7 Å². The van der Waals surface area contributed by atoms with Gasteiger partial charge in [-0.15, -0.1) is 0 Å². The smallest absolute Gasteiger partial charge is 0.380 e. The van der Waals surface area contributed by atoms with Gasteiger partial charge in [-0.25, -0.2) is 0 Å². The lowest BCUT2D eigenvalue weighted by Crippen LogP contribution is -2.64. The van der Waals surface area contributed by atoms with Crippen LogP contribution in [0.2, 0.25) is 0 Å². The van der Waals surface area contributed by atoms with Gasteiger partial charge in [-0.1, -0.05) is 32.6 Å². The Morgan fingerprint density at radius 3 is 1.70 bits per heavy atom. The van der Waals surface area contributed by atoms with E-state index in [4.69, 9.17) is 5.11 Å². The summed E-state index contributed by atoms with van der Waals surface area (Å²) in [7, 11) is 0. The largest absolute Gasteiger partial charge is 0.390 e. The van der Waals surface area contributed by atoms with Crippen LogP contribution in [0.3, 0.4) is 0 Å². The van der Waals surface area contributed by atoms with Crippen molar-refractivity contribution in [2.45, 2.75) is 62.7 Å². The Hall–Kier alpha value is -0.640. The number of halogens is 8. The van der Waals surface area contributed by atoms with Gasteiger partial charge in [0.2, 0.25) is 0 Å². The molecule has 0 amide bonds. The van der Waals surface area contributed by atoms with E-state index >= 15 is 0 Å². The van der Waals surface area contributed by atoms with Crippen LogP contribution in [0.15, 0.2) is 0 Å². The topological polar surface area (TPSA) is 29.5 Å². The van der Waals surface area contributed by atoms with Gasteiger partial charge in [-0.05, 0) is 6.42 Å². The molecule has 0 radical (unpaired) electrons. The van der Waals surface area contributed by atoms with Crippen LogP contribution in [-0.4, -0.2) is 48.6 Å². The van der Waals surface area contributed by atoms with Crippen molar-refractivity contribution in [3.63, 3.8) is 0 Å². The molecule has 0 aliphatic carbocycles. The standard InChI is InChI=1S/C13H20F8O2/c1-2-3-4-5-6-7-23-9-11(16,17)13(20,21)12(18,19)10(14,15)8-22/h22H,2-9H2,1H3. The first-order chi connectivity index (χ1) is 10.4. The molecular formula is C13H20F8O2. The summed E-state index contributed by atoms with van der Waals surface area (Å²) in [6, 6.07) is 0. The number of unbranched alkanes of at least 4 members (excludes halogenated alkanes) is 4. The van der Waals surface area contributed by atoms with Crippen molar-refractivity contribution >= 4 is 0 Å². The molecule has 0 aromatic heterocycles. The number of hydrogen-bond acceptors (Lipinski definition) is 2. The maximum Gasteiger partial charge on any atom is 0.380 e. The average Bonchev–Trinajstić information content (AvgIpc) is 2.45. The van der Waals surface area contributed by atoms with E-state index in [1.54, 1.807) is 0 Å². The van der Waals surface area contributed by atoms with Crippen LogP contribution in [0, 0.1) is 0 Å². The fourth-order valence-corrected chi connectivity index (χ4v) is 1.66. The van der Waals surface area contributed by atoms with Gasteiger partial charge in [0.15, 0.2) is 0 Å². The Bertz CT molecular complexity index is 347. The molecule has 0 heterocycles. The summed E-state index contributed by atoms with van der Waals surface area (Å²) in [5, 5.41) is 8.04. The van der Waals surface area contributed by atoms with Gasteiger partial charge in [0.05, 0.1) is 0 Å². The molecule has 0 rings (SSSR count). The number of ether oxygens (including phenoxy) is 1. The SMILES string of the molecule is CCCCCCCOCC(F)(F)C(F)(F)C(F)(F)C(F)(F)CO. The van der Waals surface area contributed by atoms with E-state index < -0.39 is 36.9 Å². The quantitative estimate of drug-likeness (QED) is 0.410. The van der Waals surface area contributed by atoms with E-state index in [2.05, 4.69) is 4.74 Å². The van der Waals surface area contributed by atoms with Gasteiger partial charge in [-0.3, -0.25) is 0 Å². The molecule has 0 aromatic rings. The highest BCUT2D eigenvalue weighted by Crippen LogP contribution is 2.52. The third kappa shape index (κ3) is 5.17. The monoisotopic (exact) mass is 360 g/mol. The predicted molar refractivity (Wildman–Crippen MR) is 66.5 cm³/mol. The predicted octanol–water partition coefficient (Wildman–Crippen LogP) is 4.51. The molecule has 0 aliphatic heterocycles. The van der Waals surface area contributed by atoms with Crippen molar-refractivity contribution in [3.05, 3.63) is 0 Å². The highest BCUT2D eigenvalue weighted by Gasteiger charge is 2.80. The Balaban J connectivity index is 4.66. The number of alkyl halides is 8. The summed E-state index contributed by atoms with van der Waals surface area (Å²) in [4.78, 5) is 0. The van der Waals surface area contributed by atoms with Crippen LogP contribution in [0.5, 0.6) is 0 Å². The van der Waals surface area contributed by atoms with Crippen LogP contribution in [0.1, 0.15) is 39.0 Å². The second kappa shape index (κ2) is 8.46. The molecule has 140 valence electrons. The molecule has 1 N–H and O–H groups in total. The zero-order valence-electron chi connectivity index (χ0n) is 12.5. The van der Waals surface area contributed by atoms with Gasteiger partial charge < -0.3 is 9.84 Å². The molecule has 0 aliphatic rings. The van der Waals surface area contributed by atoms with Crippen LogP contribution < -0.4 is 0 Å². The van der Waals surface area contributed by atoms with E-state index in [1.165, 1.54) is 0 Å². The maximum absolute atomic E-state index is 13.2. The van der Waals surface area contributed by atoms with Crippen molar-refractivity contribution in [3.8, 4) is 0 Å². The highest BCUT2D eigenvalue weighted by molar-refractivity contribution is 5.03. The fraction of sp³-hybridized carbons (Fsp3) is 1.00. The van der Waals surface area contributed by atoms with E-state index in [0.29, 0.717) is 6.42 Å². The van der Waals surface area contributed by atoms with Gasteiger partial charge in [-0.2, -0.15) is 35.1 Å². The van der Waals surface area contributed by atoms with Gasteiger partial charge in [0.25, 0.3) is 0 Å². The molecule has 0 bridgehead atoms. The second-order valence-electron chi connectivity index (χ2n) is 5.18. The maximum atomic E-state index is 13.2. The molecule has 23 heavy (non-hydrogen) atoms. The molecular weight excluding hydrogens is 340 g/mol. The molecule has 0 spiro atoms. The summed E-state index contributed by atoms with van der Waals surface area (Å²) >= 11 is 0. The Labute approximate surface area is 128 Å². The Kier molecular flexibility index (Phi) is 8.22. The van der Waals surface area contributed by atoms with Crippen LogP contribution >= 0.6 is 0 Å². The average molecular weight is 360 g/mol. The molecule has 0 fully saturated rings. The van der Waals surface area contributed by atoms with Crippen molar-refractivity contribution in [1.29, 1.82) is 0 Å².